The molecule has 0 aliphatic heterocycles. The summed E-state index contributed by atoms with van der Waals surface area (Å²) in [6.45, 7) is 4.72. The highest BCUT2D eigenvalue weighted by molar-refractivity contribution is 7.19. The number of fused-ring (bicyclic) bond motifs is 1. The molecule has 2 heterocycles. The lowest BCUT2D eigenvalue weighted by molar-refractivity contribution is -0.384. The lowest BCUT2D eigenvalue weighted by atomic mass is 10.1. The van der Waals surface area contributed by atoms with Crippen molar-refractivity contribution in [1.29, 1.82) is 0 Å². The molecule has 0 N–H and O–H groups in total. The van der Waals surface area contributed by atoms with E-state index in [1.807, 2.05) is 24.6 Å². The molecule has 136 valence electrons. The number of imidazole rings is 1. The topological polar surface area (TPSA) is 80.8 Å². The second kappa shape index (κ2) is 7.25. The summed E-state index contributed by atoms with van der Waals surface area (Å²) >= 11 is 1.35. The fourth-order valence-electron chi connectivity index (χ4n) is 2.74. The van der Waals surface area contributed by atoms with Crippen LogP contribution in [0.4, 0.5) is 5.69 Å². The van der Waals surface area contributed by atoms with Crippen molar-refractivity contribution in [2.75, 3.05) is 13.6 Å². The molecule has 26 heavy (non-hydrogen) atoms. The van der Waals surface area contributed by atoms with Gasteiger partial charge in [0.15, 0.2) is 4.96 Å². The molecule has 0 saturated heterocycles. The van der Waals surface area contributed by atoms with E-state index in [4.69, 9.17) is 0 Å². The van der Waals surface area contributed by atoms with Gasteiger partial charge in [0.2, 0.25) is 0 Å². The Morgan fingerprint density at radius 3 is 2.85 bits per heavy atom. The molecular weight excluding hydrogens is 352 g/mol. The van der Waals surface area contributed by atoms with Crippen LogP contribution in [0.1, 0.15) is 35.1 Å². The fraction of sp³-hybridized carbons (Fsp3) is 0.333. The largest absolute Gasteiger partial charge is 0.341 e. The van der Waals surface area contributed by atoms with Crippen LogP contribution in [0.3, 0.4) is 0 Å². The number of hydrogen-bond donors (Lipinski definition) is 0. The number of amides is 1. The van der Waals surface area contributed by atoms with Crippen molar-refractivity contribution in [1.82, 2.24) is 14.3 Å². The van der Waals surface area contributed by atoms with Crippen molar-refractivity contribution in [3.05, 3.63) is 51.1 Å². The van der Waals surface area contributed by atoms with E-state index in [0.717, 1.165) is 25.1 Å². The van der Waals surface area contributed by atoms with E-state index in [-0.39, 0.29) is 11.6 Å². The van der Waals surface area contributed by atoms with Crippen LogP contribution < -0.4 is 0 Å². The zero-order valence-corrected chi connectivity index (χ0v) is 15.7. The predicted octanol–water partition coefficient (Wildman–Crippen LogP) is 4.15. The highest BCUT2D eigenvalue weighted by Crippen LogP contribution is 2.29. The van der Waals surface area contributed by atoms with Gasteiger partial charge in [-0.2, -0.15) is 0 Å². The quantitative estimate of drug-likeness (QED) is 0.481. The number of nitro benzene ring substituents is 1. The summed E-state index contributed by atoms with van der Waals surface area (Å²) in [5, 5.41) is 11.0. The smallest absolute Gasteiger partial charge is 0.270 e. The normalized spacial score (nSPS) is 11.0. The van der Waals surface area contributed by atoms with Crippen molar-refractivity contribution in [2.45, 2.75) is 26.7 Å². The van der Waals surface area contributed by atoms with Gasteiger partial charge in [0.25, 0.3) is 11.6 Å². The monoisotopic (exact) mass is 372 g/mol. The second-order valence-electron chi connectivity index (χ2n) is 6.18. The van der Waals surface area contributed by atoms with Gasteiger partial charge in [-0.3, -0.25) is 19.3 Å². The lowest BCUT2D eigenvalue weighted by Gasteiger charge is -2.15. The van der Waals surface area contributed by atoms with E-state index in [1.165, 1.54) is 23.5 Å². The van der Waals surface area contributed by atoms with Gasteiger partial charge < -0.3 is 4.90 Å². The van der Waals surface area contributed by atoms with E-state index < -0.39 is 4.92 Å². The summed E-state index contributed by atoms with van der Waals surface area (Å²) in [7, 11) is 1.81. The number of rotatable bonds is 6. The van der Waals surface area contributed by atoms with Crippen LogP contribution in [0.2, 0.25) is 0 Å². The summed E-state index contributed by atoms with van der Waals surface area (Å²) in [6.07, 6.45) is 3.83. The summed E-state index contributed by atoms with van der Waals surface area (Å²) in [5.41, 5.74) is 2.20. The first-order valence-electron chi connectivity index (χ1n) is 8.41. The maximum absolute atomic E-state index is 12.6. The molecule has 0 fully saturated rings. The first-order chi connectivity index (χ1) is 12.4. The molecule has 0 unspecified atom stereocenters. The molecule has 0 bridgehead atoms. The number of thiazole rings is 1. The molecule has 0 saturated carbocycles. The van der Waals surface area contributed by atoms with Gasteiger partial charge in [-0.05, 0) is 13.3 Å². The minimum atomic E-state index is -0.421. The van der Waals surface area contributed by atoms with Crippen molar-refractivity contribution in [3.63, 3.8) is 0 Å². The van der Waals surface area contributed by atoms with Crippen molar-refractivity contribution in [3.8, 4) is 11.3 Å². The fourth-order valence-corrected chi connectivity index (χ4v) is 3.84. The number of hydrogen-bond acceptors (Lipinski definition) is 5. The number of unbranched alkanes of at least 4 members (excludes halogenated alkanes) is 1. The van der Waals surface area contributed by atoms with Crippen LogP contribution >= 0.6 is 11.3 Å². The molecule has 0 aliphatic rings. The summed E-state index contributed by atoms with van der Waals surface area (Å²) in [6, 6.07) is 6.40. The Morgan fingerprint density at radius 2 is 2.19 bits per heavy atom. The zero-order chi connectivity index (χ0) is 18.8. The number of carbonyl (C=O) groups is 1. The van der Waals surface area contributed by atoms with Crippen molar-refractivity contribution >= 4 is 27.9 Å². The van der Waals surface area contributed by atoms with Crippen LogP contribution in [0.15, 0.2) is 30.5 Å². The standard InChI is InChI=1S/C18H20N4O3S/c1-4-5-9-20(3)17(23)16-12(2)21-11-15(19-18(21)26-16)13-7-6-8-14(10-13)22(24)25/h6-8,10-11H,4-5,9H2,1-3H3. The SMILES string of the molecule is CCCCN(C)C(=O)c1sc2nc(-c3cccc([N+](=O)[O-])c3)cn2c1C. The number of nitrogens with zero attached hydrogens (tertiary/aromatic N) is 4. The van der Waals surface area contributed by atoms with Crippen LogP contribution in [0.25, 0.3) is 16.2 Å². The highest BCUT2D eigenvalue weighted by atomic mass is 32.1. The molecule has 8 heteroatoms. The average Bonchev–Trinajstić information content (AvgIpc) is 3.19. The van der Waals surface area contributed by atoms with E-state index >= 15 is 0 Å². The molecule has 2 aromatic heterocycles. The molecule has 0 radical (unpaired) electrons. The van der Waals surface area contributed by atoms with Crippen LogP contribution in [0.5, 0.6) is 0 Å². The molecule has 1 amide bonds. The first kappa shape index (κ1) is 18.1. The van der Waals surface area contributed by atoms with Crippen LogP contribution in [0, 0.1) is 17.0 Å². The van der Waals surface area contributed by atoms with Crippen molar-refractivity contribution < 1.29 is 9.72 Å². The molecule has 0 atom stereocenters. The van der Waals surface area contributed by atoms with Gasteiger partial charge >= 0.3 is 0 Å². The molecular formula is C18H20N4O3S. The van der Waals surface area contributed by atoms with E-state index in [2.05, 4.69) is 11.9 Å². The maximum atomic E-state index is 12.6. The number of benzene rings is 1. The van der Waals surface area contributed by atoms with E-state index in [0.29, 0.717) is 21.1 Å². The van der Waals surface area contributed by atoms with E-state index in [9.17, 15) is 14.9 Å². The lowest BCUT2D eigenvalue weighted by Crippen LogP contribution is -2.27. The molecule has 7 nitrogen and oxygen atoms in total. The van der Waals surface area contributed by atoms with Crippen molar-refractivity contribution in [2.24, 2.45) is 0 Å². The van der Waals surface area contributed by atoms with Gasteiger partial charge in [0.05, 0.1) is 10.6 Å². The second-order valence-corrected chi connectivity index (χ2v) is 7.16. The zero-order valence-electron chi connectivity index (χ0n) is 14.9. The van der Waals surface area contributed by atoms with Crippen LogP contribution in [-0.2, 0) is 0 Å². The summed E-state index contributed by atoms with van der Waals surface area (Å²) in [5.74, 6) is 0.00310. The Kier molecular flexibility index (Phi) is 5.03. The summed E-state index contributed by atoms with van der Waals surface area (Å²) < 4.78 is 1.87. The third-order valence-electron chi connectivity index (χ3n) is 4.30. The van der Waals surface area contributed by atoms with E-state index in [1.54, 1.807) is 17.0 Å². The molecule has 3 aromatic rings. The Hall–Kier alpha value is -2.74. The van der Waals surface area contributed by atoms with Gasteiger partial charge in [-0.15, -0.1) is 0 Å². The molecule has 0 aliphatic carbocycles. The van der Waals surface area contributed by atoms with Crippen LogP contribution in [-0.4, -0.2) is 38.7 Å². The Bertz CT molecular complexity index is 976. The third kappa shape index (κ3) is 3.32. The molecule has 3 rings (SSSR count). The third-order valence-corrected chi connectivity index (χ3v) is 5.44. The maximum Gasteiger partial charge on any atom is 0.270 e. The van der Waals surface area contributed by atoms with Gasteiger partial charge in [-0.1, -0.05) is 36.8 Å². The first-order valence-corrected chi connectivity index (χ1v) is 9.22. The van der Waals surface area contributed by atoms with Gasteiger partial charge in [0, 0.05) is 43.2 Å². The number of carbonyl (C=O) groups excluding carboxylic acids is 1. The molecule has 0 spiro atoms. The Morgan fingerprint density at radius 1 is 1.42 bits per heavy atom. The number of aromatic nitrogens is 2. The summed E-state index contributed by atoms with van der Waals surface area (Å²) in [4.78, 5) is 30.9. The molecule has 1 aromatic carbocycles. The average molecular weight is 372 g/mol. The van der Waals surface area contributed by atoms with Gasteiger partial charge in [0.1, 0.15) is 4.88 Å². The number of aryl methyl sites for hydroxylation is 1. The number of non-ortho nitro benzene ring substituents is 1. The number of nitro groups is 1. The Labute approximate surface area is 155 Å². The van der Waals surface area contributed by atoms with Gasteiger partial charge in [-0.25, -0.2) is 4.98 Å². The Balaban J connectivity index is 1.93. The predicted molar refractivity (Wildman–Crippen MR) is 102 cm³/mol. The minimum Gasteiger partial charge on any atom is -0.341 e. The highest BCUT2D eigenvalue weighted by Gasteiger charge is 2.21. The minimum absolute atomic E-state index is 0.00310.